The van der Waals surface area contributed by atoms with E-state index < -0.39 is 15.7 Å². The van der Waals surface area contributed by atoms with E-state index in [4.69, 9.17) is 13.9 Å². The largest absolute Gasteiger partial charge is 0.493 e. The van der Waals surface area contributed by atoms with Gasteiger partial charge in [0.1, 0.15) is 5.82 Å². The Morgan fingerprint density at radius 2 is 1.71 bits per heavy atom. The zero-order valence-corrected chi connectivity index (χ0v) is 20.4. The summed E-state index contributed by atoms with van der Waals surface area (Å²) in [5, 5.41) is 2.81. The van der Waals surface area contributed by atoms with Crippen molar-refractivity contribution in [3.8, 4) is 23.0 Å². The standard InChI is InChI=1S/C26H25FN2O5S/c1-17-5-4-6-19(15-17)24-29-26(35(30,31)21-10-8-20(27)9-11-21)25(34-24)28-14-13-18-7-12-22(32-2)23(16-18)33-3/h4-12,15-16,28H,13-14H2,1-3H3. The molecule has 0 unspecified atom stereocenters. The quantitative estimate of drug-likeness (QED) is 0.315. The number of halogens is 1. The van der Waals surface area contributed by atoms with Gasteiger partial charge < -0.3 is 19.2 Å². The SMILES string of the molecule is COc1ccc(CCNc2oc(-c3cccc(C)c3)nc2S(=O)(=O)c2ccc(F)cc2)cc1OC. The summed E-state index contributed by atoms with van der Waals surface area (Å²) < 4.78 is 56.6. The predicted molar refractivity (Wildman–Crippen MR) is 130 cm³/mol. The van der Waals surface area contributed by atoms with Crippen molar-refractivity contribution in [3.05, 3.63) is 83.7 Å². The normalized spacial score (nSPS) is 11.3. The van der Waals surface area contributed by atoms with Crippen molar-refractivity contribution >= 4 is 15.7 Å². The molecule has 0 atom stereocenters. The molecule has 0 spiro atoms. The highest BCUT2D eigenvalue weighted by atomic mass is 32.2. The molecule has 0 aliphatic rings. The Kier molecular flexibility index (Phi) is 7.07. The lowest BCUT2D eigenvalue weighted by Gasteiger charge is -2.10. The van der Waals surface area contributed by atoms with Crippen LogP contribution in [0.25, 0.3) is 11.5 Å². The molecule has 4 rings (SSSR count). The minimum absolute atomic E-state index is 0.0197. The molecule has 0 aliphatic carbocycles. The van der Waals surface area contributed by atoms with E-state index in [0.29, 0.717) is 30.0 Å². The molecule has 0 aliphatic heterocycles. The second-order valence-electron chi connectivity index (χ2n) is 7.85. The molecular formula is C26H25FN2O5S. The molecule has 0 bridgehead atoms. The van der Waals surface area contributed by atoms with Gasteiger partial charge in [0.2, 0.25) is 26.6 Å². The van der Waals surface area contributed by atoms with Crippen LogP contribution < -0.4 is 14.8 Å². The summed E-state index contributed by atoms with van der Waals surface area (Å²) >= 11 is 0. The van der Waals surface area contributed by atoms with Crippen LogP contribution in [-0.4, -0.2) is 34.2 Å². The van der Waals surface area contributed by atoms with Gasteiger partial charge in [-0.1, -0.05) is 23.8 Å². The minimum atomic E-state index is -4.07. The highest BCUT2D eigenvalue weighted by Crippen LogP contribution is 2.33. The van der Waals surface area contributed by atoms with Gasteiger partial charge in [0.15, 0.2) is 11.5 Å². The molecule has 9 heteroatoms. The van der Waals surface area contributed by atoms with Crippen LogP contribution in [0.5, 0.6) is 11.5 Å². The van der Waals surface area contributed by atoms with Crippen molar-refractivity contribution in [2.45, 2.75) is 23.3 Å². The first kappa shape index (κ1) is 24.3. The Morgan fingerprint density at radius 3 is 2.40 bits per heavy atom. The molecule has 0 fully saturated rings. The fourth-order valence-electron chi connectivity index (χ4n) is 3.58. The van der Waals surface area contributed by atoms with Crippen LogP contribution >= 0.6 is 0 Å². The number of anilines is 1. The molecule has 7 nitrogen and oxygen atoms in total. The van der Waals surface area contributed by atoms with Crippen LogP contribution in [0.1, 0.15) is 11.1 Å². The second-order valence-corrected chi connectivity index (χ2v) is 9.71. The highest BCUT2D eigenvalue weighted by molar-refractivity contribution is 7.91. The molecule has 1 heterocycles. The van der Waals surface area contributed by atoms with Crippen molar-refractivity contribution in [2.75, 3.05) is 26.1 Å². The Morgan fingerprint density at radius 1 is 0.971 bits per heavy atom. The summed E-state index contributed by atoms with van der Waals surface area (Å²) in [6, 6.07) is 17.6. The lowest BCUT2D eigenvalue weighted by atomic mass is 10.1. The van der Waals surface area contributed by atoms with E-state index in [0.717, 1.165) is 23.3 Å². The van der Waals surface area contributed by atoms with Crippen molar-refractivity contribution < 1.29 is 26.7 Å². The van der Waals surface area contributed by atoms with Gasteiger partial charge in [-0.05, 0) is 67.4 Å². The Balaban J connectivity index is 1.65. The van der Waals surface area contributed by atoms with E-state index in [1.807, 2.05) is 43.3 Å². The number of nitrogens with zero attached hydrogens (tertiary/aromatic N) is 1. The molecule has 1 N–H and O–H groups in total. The number of sulfone groups is 1. The monoisotopic (exact) mass is 496 g/mol. The molecule has 1 aromatic heterocycles. The van der Waals surface area contributed by atoms with Gasteiger partial charge in [-0.15, -0.1) is 0 Å². The first-order chi connectivity index (χ1) is 16.8. The van der Waals surface area contributed by atoms with Crippen LogP contribution in [0, 0.1) is 12.7 Å². The van der Waals surface area contributed by atoms with Crippen LogP contribution in [0.15, 0.2) is 81.1 Å². The third-order valence-electron chi connectivity index (χ3n) is 5.39. The van der Waals surface area contributed by atoms with Gasteiger partial charge in [-0.25, -0.2) is 12.8 Å². The number of ether oxygens (including phenoxy) is 2. The molecule has 0 saturated carbocycles. The predicted octanol–water partition coefficient (Wildman–Crippen LogP) is 5.29. The highest BCUT2D eigenvalue weighted by Gasteiger charge is 2.28. The number of methoxy groups -OCH3 is 2. The molecule has 182 valence electrons. The summed E-state index contributed by atoms with van der Waals surface area (Å²) in [6.07, 6.45) is 0.552. The van der Waals surface area contributed by atoms with Gasteiger partial charge in [-0.3, -0.25) is 0 Å². The number of rotatable bonds is 9. The van der Waals surface area contributed by atoms with Gasteiger partial charge in [0, 0.05) is 12.1 Å². The Hall–Kier alpha value is -3.85. The fraction of sp³-hybridized carbons (Fsp3) is 0.192. The fourth-order valence-corrected chi connectivity index (χ4v) is 4.86. The molecule has 0 radical (unpaired) electrons. The molecule has 35 heavy (non-hydrogen) atoms. The number of oxazole rings is 1. The van der Waals surface area contributed by atoms with Gasteiger partial charge in [0.25, 0.3) is 0 Å². The lowest BCUT2D eigenvalue weighted by molar-refractivity contribution is 0.354. The second kappa shape index (κ2) is 10.2. The third kappa shape index (κ3) is 5.30. The Bertz CT molecular complexity index is 1430. The smallest absolute Gasteiger partial charge is 0.233 e. The van der Waals surface area contributed by atoms with E-state index in [2.05, 4.69) is 10.3 Å². The first-order valence-corrected chi connectivity index (χ1v) is 12.3. The van der Waals surface area contributed by atoms with Crippen molar-refractivity contribution in [2.24, 2.45) is 0 Å². The van der Waals surface area contributed by atoms with E-state index >= 15 is 0 Å². The average Bonchev–Trinajstić information content (AvgIpc) is 3.29. The van der Waals surface area contributed by atoms with Crippen LogP contribution in [0.3, 0.4) is 0 Å². The maximum atomic E-state index is 13.4. The molecule has 4 aromatic rings. The third-order valence-corrected chi connectivity index (χ3v) is 7.07. The van der Waals surface area contributed by atoms with E-state index in [1.165, 1.54) is 12.1 Å². The van der Waals surface area contributed by atoms with E-state index in [-0.39, 0.29) is 21.7 Å². The minimum Gasteiger partial charge on any atom is -0.493 e. The molecule has 0 saturated heterocycles. The van der Waals surface area contributed by atoms with Gasteiger partial charge >= 0.3 is 0 Å². The zero-order valence-electron chi connectivity index (χ0n) is 19.5. The van der Waals surface area contributed by atoms with Crippen molar-refractivity contribution in [3.63, 3.8) is 0 Å². The van der Waals surface area contributed by atoms with Gasteiger partial charge in [0.05, 0.1) is 19.1 Å². The molecule has 3 aromatic carbocycles. The average molecular weight is 497 g/mol. The van der Waals surface area contributed by atoms with E-state index in [9.17, 15) is 12.8 Å². The van der Waals surface area contributed by atoms with Crippen molar-refractivity contribution in [1.82, 2.24) is 4.98 Å². The number of aromatic nitrogens is 1. The maximum Gasteiger partial charge on any atom is 0.233 e. The maximum absolute atomic E-state index is 13.4. The Labute approximate surface area is 203 Å². The van der Waals surface area contributed by atoms with Crippen LogP contribution in [0.4, 0.5) is 10.3 Å². The van der Waals surface area contributed by atoms with Crippen molar-refractivity contribution in [1.29, 1.82) is 0 Å². The first-order valence-electron chi connectivity index (χ1n) is 10.8. The number of benzene rings is 3. The summed E-state index contributed by atoms with van der Waals surface area (Å²) in [5.41, 5.74) is 2.58. The zero-order chi connectivity index (χ0) is 25.0. The number of aryl methyl sites for hydroxylation is 1. The molecule has 0 amide bonds. The summed E-state index contributed by atoms with van der Waals surface area (Å²) in [4.78, 5) is 4.24. The topological polar surface area (TPSA) is 90.7 Å². The molecular weight excluding hydrogens is 471 g/mol. The van der Waals surface area contributed by atoms with Gasteiger partial charge in [-0.2, -0.15) is 4.98 Å². The number of nitrogens with one attached hydrogen (secondary N) is 1. The van der Waals surface area contributed by atoms with Crippen LogP contribution in [-0.2, 0) is 16.3 Å². The van der Waals surface area contributed by atoms with Crippen LogP contribution in [0.2, 0.25) is 0 Å². The summed E-state index contributed by atoms with van der Waals surface area (Å²) in [7, 11) is -0.938. The number of hydrogen-bond acceptors (Lipinski definition) is 7. The summed E-state index contributed by atoms with van der Waals surface area (Å²) in [5.74, 6) is 0.882. The number of hydrogen-bond donors (Lipinski definition) is 1. The van der Waals surface area contributed by atoms with E-state index in [1.54, 1.807) is 20.3 Å². The lowest BCUT2D eigenvalue weighted by Crippen LogP contribution is -2.10. The summed E-state index contributed by atoms with van der Waals surface area (Å²) in [6.45, 7) is 2.29.